The Balaban J connectivity index is 1.23. The summed E-state index contributed by atoms with van der Waals surface area (Å²) >= 11 is 0. The third-order valence-corrected chi connectivity index (χ3v) is 4.69. The van der Waals surface area contributed by atoms with Crippen molar-refractivity contribution in [2.24, 2.45) is 0 Å². The molecule has 1 fully saturated rings. The van der Waals surface area contributed by atoms with Crippen molar-refractivity contribution >= 4 is 28.4 Å². The second-order valence-electron chi connectivity index (χ2n) is 7.03. The molecule has 27 heavy (non-hydrogen) atoms. The Bertz CT molecular complexity index is 954. The second-order valence-corrected chi connectivity index (χ2v) is 7.03. The summed E-state index contributed by atoms with van der Waals surface area (Å²) in [6, 6.07) is 8.51. The first-order valence-electron chi connectivity index (χ1n) is 9.34. The molecule has 1 aliphatic carbocycles. The monoisotopic (exact) mass is 365 g/mol. The number of carbonyl (C=O) groups is 2. The van der Waals surface area contributed by atoms with Crippen LogP contribution >= 0.6 is 0 Å². The molecule has 1 saturated carbocycles. The van der Waals surface area contributed by atoms with Gasteiger partial charge in [0.25, 0.3) is 0 Å². The number of fused-ring (bicyclic) bond motifs is 1. The molecule has 0 bridgehead atoms. The molecule has 0 saturated heterocycles. The van der Waals surface area contributed by atoms with Crippen LogP contribution < -0.4 is 10.6 Å². The highest BCUT2D eigenvalue weighted by molar-refractivity contribution is 5.90. The quantitative estimate of drug-likeness (QED) is 0.573. The number of rotatable bonds is 8. The van der Waals surface area contributed by atoms with E-state index in [2.05, 4.69) is 26.8 Å². The zero-order valence-electron chi connectivity index (χ0n) is 15.1. The average molecular weight is 365 g/mol. The van der Waals surface area contributed by atoms with Gasteiger partial charge in [0.05, 0.1) is 11.9 Å². The molecule has 0 spiro atoms. The van der Waals surface area contributed by atoms with E-state index in [-0.39, 0.29) is 18.4 Å². The third-order valence-electron chi connectivity index (χ3n) is 4.69. The van der Waals surface area contributed by atoms with Gasteiger partial charge in [-0.1, -0.05) is 18.2 Å². The van der Waals surface area contributed by atoms with E-state index in [1.165, 1.54) is 10.9 Å². The van der Waals surface area contributed by atoms with Gasteiger partial charge in [-0.05, 0) is 37.3 Å². The first-order valence-corrected chi connectivity index (χ1v) is 9.34. The number of aromatic amines is 1. The molecule has 7 heteroatoms. The zero-order chi connectivity index (χ0) is 18.6. The fraction of sp³-hybridized carbons (Fsp3) is 0.350. The fourth-order valence-corrected chi connectivity index (χ4v) is 3.16. The minimum Gasteiger partial charge on any atom is -0.361 e. The van der Waals surface area contributed by atoms with Gasteiger partial charge in [-0.3, -0.25) is 14.3 Å². The van der Waals surface area contributed by atoms with Crippen LogP contribution in [-0.2, 0) is 22.6 Å². The number of H-pyrrole nitrogens is 1. The van der Waals surface area contributed by atoms with Gasteiger partial charge in [-0.2, -0.15) is 5.10 Å². The maximum Gasteiger partial charge on any atom is 0.241 e. The third kappa shape index (κ3) is 4.55. The van der Waals surface area contributed by atoms with Crippen LogP contribution in [0.1, 0.15) is 31.2 Å². The molecule has 2 aromatic heterocycles. The summed E-state index contributed by atoms with van der Waals surface area (Å²) in [5, 5.41) is 11.1. The summed E-state index contributed by atoms with van der Waals surface area (Å²) < 4.78 is 1.54. The van der Waals surface area contributed by atoms with Gasteiger partial charge in [-0.15, -0.1) is 0 Å². The highest BCUT2D eigenvalue weighted by Gasteiger charge is 2.23. The second kappa shape index (κ2) is 7.65. The van der Waals surface area contributed by atoms with E-state index in [1.54, 1.807) is 17.1 Å². The highest BCUT2D eigenvalue weighted by atomic mass is 16.2. The number of aryl methyl sites for hydroxylation is 1. The van der Waals surface area contributed by atoms with Crippen molar-refractivity contribution in [3.8, 4) is 0 Å². The van der Waals surface area contributed by atoms with Crippen molar-refractivity contribution in [1.82, 2.24) is 20.1 Å². The summed E-state index contributed by atoms with van der Waals surface area (Å²) in [5.74, 6) is -0.0889. The number of anilines is 1. The van der Waals surface area contributed by atoms with Crippen LogP contribution in [-0.4, -0.2) is 32.6 Å². The van der Waals surface area contributed by atoms with Crippen LogP contribution in [0.5, 0.6) is 0 Å². The van der Waals surface area contributed by atoms with Gasteiger partial charge in [-0.25, -0.2) is 0 Å². The lowest BCUT2D eigenvalue weighted by atomic mass is 10.1. The maximum absolute atomic E-state index is 12.2. The minimum absolute atomic E-state index is 0.0443. The molecule has 0 radical (unpaired) electrons. The molecule has 3 N–H and O–H groups in total. The molecule has 140 valence electrons. The topological polar surface area (TPSA) is 91.8 Å². The van der Waals surface area contributed by atoms with Crippen LogP contribution in [0, 0.1) is 0 Å². The minimum atomic E-state index is -0.0446. The fourth-order valence-electron chi connectivity index (χ4n) is 3.16. The number of amides is 2. The summed E-state index contributed by atoms with van der Waals surface area (Å²) in [6.07, 6.45) is 9.44. The van der Waals surface area contributed by atoms with E-state index in [0.717, 1.165) is 31.2 Å². The van der Waals surface area contributed by atoms with E-state index >= 15 is 0 Å². The lowest BCUT2D eigenvalue weighted by molar-refractivity contribution is -0.122. The number of para-hydroxylation sites is 1. The molecule has 2 amide bonds. The van der Waals surface area contributed by atoms with Crippen molar-refractivity contribution in [3.05, 3.63) is 48.4 Å². The van der Waals surface area contributed by atoms with Gasteiger partial charge in [0.15, 0.2) is 0 Å². The Morgan fingerprint density at radius 3 is 2.93 bits per heavy atom. The van der Waals surface area contributed by atoms with Gasteiger partial charge in [0.2, 0.25) is 11.8 Å². The average Bonchev–Trinajstić information content (AvgIpc) is 3.20. The van der Waals surface area contributed by atoms with Gasteiger partial charge in [0.1, 0.15) is 6.54 Å². The summed E-state index contributed by atoms with van der Waals surface area (Å²) in [7, 11) is 0. The standard InChI is InChI=1S/C20H23N5O2/c26-19(7-3-4-14-10-21-18-6-2-1-5-17(14)18)24-16-11-22-25(12-16)13-20(27)23-15-8-9-15/h1-2,5-6,10-12,15,21H,3-4,7-9,13H2,(H,23,27)(H,24,26). The van der Waals surface area contributed by atoms with Crippen LogP contribution in [0.15, 0.2) is 42.9 Å². The molecule has 1 aliphatic rings. The SMILES string of the molecule is O=C(CCCc1c[nH]c2ccccc12)Nc1cnn(CC(=O)NC2CC2)c1. The summed E-state index contributed by atoms with van der Waals surface area (Å²) in [6.45, 7) is 0.174. The molecule has 2 heterocycles. The number of hydrogen-bond acceptors (Lipinski definition) is 3. The van der Waals surface area contributed by atoms with Crippen LogP contribution in [0.4, 0.5) is 5.69 Å². The molecule has 1 aromatic carbocycles. The smallest absolute Gasteiger partial charge is 0.241 e. The van der Waals surface area contributed by atoms with Crippen molar-refractivity contribution in [2.75, 3.05) is 5.32 Å². The van der Waals surface area contributed by atoms with E-state index in [1.807, 2.05) is 24.4 Å². The predicted octanol–water partition coefficient (Wildman–Crippen LogP) is 2.60. The Labute approximate surface area is 157 Å². The first kappa shape index (κ1) is 17.3. The van der Waals surface area contributed by atoms with Crippen molar-refractivity contribution < 1.29 is 9.59 Å². The van der Waals surface area contributed by atoms with Crippen molar-refractivity contribution in [2.45, 2.75) is 44.7 Å². The number of aromatic nitrogens is 3. The number of nitrogens with zero attached hydrogens (tertiary/aromatic N) is 2. The van der Waals surface area contributed by atoms with Crippen LogP contribution in [0.25, 0.3) is 10.9 Å². The lowest BCUT2D eigenvalue weighted by Crippen LogP contribution is -2.29. The van der Waals surface area contributed by atoms with E-state index in [0.29, 0.717) is 18.2 Å². The molecule has 7 nitrogen and oxygen atoms in total. The lowest BCUT2D eigenvalue weighted by Gasteiger charge is -2.03. The van der Waals surface area contributed by atoms with Crippen LogP contribution in [0.2, 0.25) is 0 Å². The Hall–Kier alpha value is -3.09. The summed E-state index contributed by atoms with van der Waals surface area (Å²) in [5.41, 5.74) is 2.97. The summed E-state index contributed by atoms with van der Waals surface area (Å²) in [4.78, 5) is 27.2. The molecule has 0 atom stereocenters. The predicted molar refractivity (Wildman–Crippen MR) is 103 cm³/mol. The zero-order valence-corrected chi connectivity index (χ0v) is 15.1. The van der Waals surface area contributed by atoms with E-state index in [9.17, 15) is 9.59 Å². The van der Waals surface area contributed by atoms with E-state index in [4.69, 9.17) is 0 Å². The molecule has 0 aliphatic heterocycles. The van der Waals surface area contributed by atoms with Crippen molar-refractivity contribution in [1.29, 1.82) is 0 Å². The Morgan fingerprint density at radius 2 is 2.07 bits per heavy atom. The first-order chi connectivity index (χ1) is 13.2. The van der Waals surface area contributed by atoms with E-state index < -0.39 is 0 Å². The maximum atomic E-state index is 12.2. The Kier molecular flexibility index (Phi) is 4.91. The normalized spacial score (nSPS) is 13.6. The van der Waals surface area contributed by atoms with Gasteiger partial charge < -0.3 is 15.6 Å². The van der Waals surface area contributed by atoms with Gasteiger partial charge in [0, 0.05) is 35.8 Å². The number of nitrogens with one attached hydrogen (secondary N) is 3. The van der Waals surface area contributed by atoms with Crippen molar-refractivity contribution in [3.63, 3.8) is 0 Å². The van der Waals surface area contributed by atoms with Crippen LogP contribution in [0.3, 0.4) is 0 Å². The largest absolute Gasteiger partial charge is 0.361 e. The molecule has 0 unspecified atom stereocenters. The molecule has 4 rings (SSSR count). The van der Waals surface area contributed by atoms with Gasteiger partial charge >= 0.3 is 0 Å². The highest BCUT2D eigenvalue weighted by Crippen LogP contribution is 2.20. The molecular weight excluding hydrogens is 342 g/mol. The number of hydrogen-bond donors (Lipinski definition) is 3. The number of benzene rings is 1. The molecular formula is C20H23N5O2. The number of carbonyl (C=O) groups excluding carboxylic acids is 2. The Morgan fingerprint density at radius 1 is 1.22 bits per heavy atom. The molecule has 3 aromatic rings.